The number of hydrogen-bond donors (Lipinski definition) is 2. The quantitative estimate of drug-likeness (QED) is 0.746. The van der Waals surface area contributed by atoms with Gasteiger partial charge in [-0.1, -0.05) is 6.92 Å². The third kappa shape index (κ3) is 5.75. The van der Waals surface area contributed by atoms with Crippen LogP contribution in [0.15, 0.2) is 0 Å². The average Bonchev–Trinajstić information content (AvgIpc) is 2.34. The van der Waals surface area contributed by atoms with E-state index in [-0.39, 0.29) is 5.91 Å². The molecule has 0 saturated carbocycles. The summed E-state index contributed by atoms with van der Waals surface area (Å²) in [5.74, 6) is 3.86. The number of carbonyl (C=O) groups is 1. The van der Waals surface area contributed by atoms with E-state index in [2.05, 4.69) is 12.2 Å². The molecule has 16 heavy (non-hydrogen) atoms. The molecular formula is C12H24N2OS. The minimum atomic E-state index is 0.193. The fraction of sp³-hybridized carbons (Fsp3) is 0.917. The Balaban J connectivity index is 2.05. The molecule has 0 aliphatic carbocycles. The van der Waals surface area contributed by atoms with E-state index in [1.54, 1.807) is 0 Å². The number of hydrogen-bond acceptors (Lipinski definition) is 3. The van der Waals surface area contributed by atoms with Crippen molar-refractivity contribution in [1.82, 2.24) is 5.32 Å². The summed E-state index contributed by atoms with van der Waals surface area (Å²) in [6.45, 7) is 3.63. The van der Waals surface area contributed by atoms with E-state index >= 15 is 0 Å². The van der Waals surface area contributed by atoms with E-state index in [1.165, 1.54) is 24.3 Å². The first kappa shape index (κ1) is 13.8. The Morgan fingerprint density at radius 2 is 2.19 bits per heavy atom. The highest BCUT2D eigenvalue weighted by Gasteiger charge is 2.14. The Kier molecular flexibility index (Phi) is 6.88. The first-order valence-electron chi connectivity index (χ1n) is 6.27. The van der Waals surface area contributed by atoms with Gasteiger partial charge in [0.25, 0.3) is 0 Å². The molecule has 1 saturated heterocycles. The van der Waals surface area contributed by atoms with Crippen molar-refractivity contribution in [3.05, 3.63) is 0 Å². The first-order chi connectivity index (χ1) is 7.72. The van der Waals surface area contributed by atoms with E-state index in [9.17, 15) is 4.79 Å². The highest BCUT2D eigenvalue weighted by Crippen LogP contribution is 2.21. The second kappa shape index (κ2) is 7.96. The second-order valence-electron chi connectivity index (χ2n) is 4.74. The molecule has 4 heteroatoms. The maximum Gasteiger partial charge on any atom is 0.220 e. The molecule has 0 bridgehead atoms. The summed E-state index contributed by atoms with van der Waals surface area (Å²) >= 11 is 2.02. The number of carbonyl (C=O) groups excluding carboxylic acids is 1. The van der Waals surface area contributed by atoms with E-state index in [0.29, 0.717) is 24.8 Å². The Morgan fingerprint density at radius 1 is 1.50 bits per heavy atom. The van der Waals surface area contributed by atoms with Gasteiger partial charge < -0.3 is 11.1 Å². The van der Waals surface area contributed by atoms with Crippen LogP contribution >= 0.6 is 11.8 Å². The van der Waals surface area contributed by atoms with Gasteiger partial charge in [0, 0.05) is 13.0 Å². The molecular weight excluding hydrogens is 220 g/mol. The molecule has 1 atom stereocenters. The second-order valence-corrected chi connectivity index (χ2v) is 5.96. The molecule has 1 heterocycles. The zero-order valence-corrected chi connectivity index (χ0v) is 11.0. The number of nitrogens with two attached hydrogens (primary N) is 1. The van der Waals surface area contributed by atoms with Crippen LogP contribution in [0.3, 0.4) is 0 Å². The topological polar surface area (TPSA) is 55.1 Å². The van der Waals surface area contributed by atoms with E-state index in [1.807, 2.05) is 11.8 Å². The highest BCUT2D eigenvalue weighted by molar-refractivity contribution is 7.99. The number of amides is 1. The molecule has 0 aromatic rings. The lowest BCUT2D eigenvalue weighted by Crippen LogP contribution is -2.31. The van der Waals surface area contributed by atoms with Gasteiger partial charge in [0.05, 0.1) is 0 Å². The van der Waals surface area contributed by atoms with Crippen molar-refractivity contribution >= 4 is 17.7 Å². The van der Waals surface area contributed by atoms with E-state index in [4.69, 9.17) is 5.73 Å². The minimum Gasteiger partial charge on any atom is -0.356 e. The van der Waals surface area contributed by atoms with Crippen molar-refractivity contribution in [3.63, 3.8) is 0 Å². The van der Waals surface area contributed by atoms with Crippen LogP contribution in [0.4, 0.5) is 0 Å². The van der Waals surface area contributed by atoms with Crippen LogP contribution in [-0.4, -0.2) is 30.5 Å². The summed E-state index contributed by atoms with van der Waals surface area (Å²) < 4.78 is 0. The summed E-state index contributed by atoms with van der Waals surface area (Å²) in [6.07, 6.45) is 4.04. The normalized spacial score (nSPS) is 19.4. The van der Waals surface area contributed by atoms with Crippen molar-refractivity contribution in [2.24, 2.45) is 17.6 Å². The van der Waals surface area contributed by atoms with Gasteiger partial charge >= 0.3 is 0 Å². The van der Waals surface area contributed by atoms with Crippen LogP contribution in [0.2, 0.25) is 0 Å². The van der Waals surface area contributed by atoms with Crippen molar-refractivity contribution in [2.75, 3.05) is 24.6 Å². The zero-order chi connectivity index (χ0) is 11.8. The predicted octanol–water partition coefficient (Wildman–Crippen LogP) is 1.62. The highest BCUT2D eigenvalue weighted by atomic mass is 32.2. The largest absolute Gasteiger partial charge is 0.356 e. The summed E-state index contributed by atoms with van der Waals surface area (Å²) in [7, 11) is 0. The molecule has 0 aromatic carbocycles. The molecule has 1 unspecified atom stereocenters. The van der Waals surface area contributed by atoms with Crippen molar-refractivity contribution < 1.29 is 4.79 Å². The fourth-order valence-electron chi connectivity index (χ4n) is 1.79. The van der Waals surface area contributed by atoms with Crippen molar-refractivity contribution in [1.29, 1.82) is 0 Å². The van der Waals surface area contributed by atoms with Gasteiger partial charge in [-0.25, -0.2) is 0 Å². The molecule has 0 aromatic heterocycles. The summed E-state index contributed by atoms with van der Waals surface area (Å²) in [5.41, 5.74) is 5.52. The van der Waals surface area contributed by atoms with Crippen LogP contribution in [0.1, 0.15) is 32.6 Å². The molecule has 0 radical (unpaired) electrons. The maximum absolute atomic E-state index is 11.5. The number of nitrogens with one attached hydrogen (secondary N) is 1. The molecule has 1 aliphatic heterocycles. The van der Waals surface area contributed by atoms with Crippen LogP contribution in [0, 0.1) is 11.8 Å². The lowest BCUT2D eigenvalue weighted by Gasteiger charge is -2.21. The third-order valence-corrected chi connectivity index (χ3v) is 4.24. The van der Waals surface area contributed by atoms with E-state index in [0.717, 1.165) is 13.0 Å². The molecule has 3 N–H and O–H groups in total. The summed E-state index contributed by atoms with van der Waals surface area (Å²) in [4.78, 5) is 11.5. The van der Waals surface area contributed by atoms with E-state index < -0.39 is 0 Å². The van der Waals surface area contributed by atoms with Crippen molar-refractivity contribution in [3.8, 4) is 0 Å². The monoisotopic (exact) mass is 244 g/mol. The van der Waals surface area contributed by atoms with Gasteiger partial charge in [0.2, 0.25) is 5.91 Å². The van der Waals surface area contributed by atoms with Crippen LogP contribution < -0.4 is 11.1 Å². The smallest absolute Gasteiger partial charge is 0.220 e. The van der Waals surface area contributed by atoms with Gasteiger partial charge in [0.15, 0.2) is 0 Å². The lowest BCUT2D eigenvalue weighted by atomic mass is 10.0. The van der Waals surface area contributed by atoms with Crippen molar-refractivity contribution in [2.45, 2.75) is 32.6 Å². The molecule has 1 rings (SSSR count). The SMILES string of the molecule is CC(CN)CCC(=O)NCC1CCSCC1. The van der Waals surface area contributed by atoms with Gasteiger partial charge in [-0.2, -0.15) is 11.8 Å². The maximum atomic E-state index is 11.5. The Morgan fingerprint density at radius 3 is 2.81 bits per heavy atom. The predicted molar refractivity (Wildman–Crippen MR) is 70.5 cm³/mol. The van der Waals surface area contributed by atoms with Gasteiger partial charge in [-0.15, -0.1) is 0 Å². The number of rotatable bonds is 6. The zero-order valence-electron chi connectivity index (χ0n) is 10.2. The Hall–Kier alpha value is -0.220. The van der Waals surface area contributed by atoms with Gasteiger partial charge in [0.1, 0.15) is 0 Å². The fourth-order valence-corrected chi connectivity index (χ4v) is 3.00. The average molecular weight is 244 g/mol. The molecule has 3 nitrogen and oxygen atoms in total. The Labute approximate surface area is 103 Å². The van der Waals surface area contributed by atoms with Gasteiger partial charge in [-0.05, 0) is 49.1 Å². The number of thioether (sulfide) groups is 1. The van der Waals surface area contributed by atoms with Crippen LogP contribution in [-0.2, 0) is 4.79 Å². The molecule has 1 amide bonds. The summed E-state index contributed by atoms with van der Waals surface area (Å²) in [6, 6.07) is 0. The molecule has 94 valence electrons. The summed E-state index contributed by atoms with van der Waals surface area (Å²) in [5, 5.41) is 3.04. The van der Waals surface area contributed by atoms with Crippen LogP contribution in [0.5, 0.6) is 0 Å². The van der Waals surface area contributed by atoms with Crippen LogP contribution in [0.25, 0.3) is 0 Å². The molecule has 1 aliphatic rings. The molecule has 1 fully saturated rings. The van der Waals surface area contributed by atoms with Gasteiger partial charge in [-0.3, -0.25) is 4.79 Å². The first-order valence-corrected chi connectivity index (χ1v) is 7.42. The minimum absolute atomic E-state index is 0.193. The lowest BCUT2D eigenvalue weighted by molar-refractivity contribution is -0.121. The third-order valence-electron chi connectivity index (χ3n) is 3.20. The standard InChI is InChI=1S/C12H24N2OS/c1-10(8-13)2-3-12(15)14-9-11-4-6-16-7-5-11/h10-11H,2-9,13H2,1H3,(H,14,15). The Bertz CT molecular complexity index is 205. The molecule has 0 spiro atoms.